The highest BCUT2D eigenvalue weighted by Gasteiger charge is 2.11. The summed E-state index contributed by atoms with van der Waals surface area (Å²) in [5.74, 6) is 1.16. The van der Waals surface area contributed by atoms with Crippen LogP contribution >= 0.6 is 0 Å². The molecule has 0 aliphatic heterocycles. The van der Waals surface area contributed by atoms with Crippen LogP contribution in [0.25, 0.3) is 11.1 Å². The van der Waals surface area contributed by atoms with Crippen LogP contribution in [0.15, 0.2) is 72.8 Å². The van der Waals surface area contributed by atoms with Crippen LogP contribution in [-0.4, -0.2) is 71.9 Å². The lowest BCUT2D eigenvalue weighted by Gasteiger charge is -2.10. The third-order valence-corrected chi connectivity index (χ3v) is 6.31. The monoisotopic (exact) mass is 580 g/mol. The molecule has 0 spiro atoms. The number of benzene rings is 3. The van der Waals surface area contributed by atoms with Gasteiger partial charge in [0.1, 0.15) is 30.5 Å². The Bertz CT molecular complexity index is 1190. The molecule has 0 N–H and O–H groups in total. The maximum absolute atomic E-state index is 12.5. The number of carbonyl (C=O) groups excluding carboxylic acids is 2. The van der Waals surface area contributed by atoms with E-state index in [2.05, 4.69) is 0 Å². The van der Waals surface area contributed by atoms with E-state index in [1.807, 2.05) is 50.2 Å². The molecule has 3 aromatic carbocycles. The molecule has 3 rings (SSSR count). The smallest absolute Gasteiger partial charge is 0.343 e. The minimum atomic E-state index is -0.447. The van der Waals surface area contributed by atoms with E-state index in [-0.39, 0.29) is 18.5 Å². The van der Waals surface area contributed by atoms with E-state index in [0.717, 1.165) is 23.3 Å². The second-order valence-corrected chi connectivity index (χ2v) is 9.33. The molecule has 0 aliphatic rings. The lowest BCUT2D eigenvalue weighted by molar-refractivity contribution is -0.149. The molecule has 0 saturated heterocycles. The van der Waals surface area contributed by atoms with Crippen molar-refractivity contribution in [1.82, 2.24) is 0 Å². The Morgan fingerprint density at radius 2 is 1.10 bits per heavy atom. The third-order valence-electron chi connectivity index (χ3n) is 6.31. The minimum absolute atomic E-state index is 0.0855. The molecule has 3 aromatic rings. The fourth-order valence-corrected chi connectivity index (χ4v) is 3.62. The van der Waals surface area contributed by atoms with Gasteiger partial charge in [0.2, 0.25) is 0 Å². The summed E-state index contributed by atoms with van der Waals surface area (Å²) in [6, 6.07) is 21.9. The van der Waals surface area contributed by atoms with Crippen molar-refractivity contribution in [3.8, 4) is 28.4 Å². The molecule has 0 saturated carbocycles. The van der Waals surface area contributed by atoms with Gasteiger partial charge in [0.05, 0.1) is 58.2 Å². The van der Waals surface area contributed by atoms with Gasteiger partial charge in [-0.3, -0.25) is 4.79 Å². The van der Waals surface area contributed by atoms with Gasteiger partial charge in [-0.1, -0.05) is 38.1 Å². The molecule has 0 fully saturated rings. The van der Waals surface area contributed by atoms with Crippen molar-refractivity contribution in [2.75, 3.05) is 60.0 Å². The van der Waals surface area contributed by atoms with Crippen LogP contribution < -0.4 is 14.2 Å². The summed E-state index contributed by atoms with van der Waals surface area (Å²) in [5.41, 5.74) is 2.47. The van der Waals surface area contributed by atoms with Crippen LogP contribution in [0.4, 0.5) is 0 Å². The molecule has 9 nitrogen and oxygen atoms in total. The lowest BCUT2D eigenvalue weighted by Crippen LogP contribution is -2.18. The average Bonchev–Trinajstić information content (AvgIpc) is 3.03. The summed E-state index contributed by atoms with van der Waals surface area (Å²) >= 11 is 0. The minimum Gasteiger partial charge on any atom is -0.497 e. The van der Waals surface area contributed by atoms with Gasteiger partial charge in [0.15, 0.2) is 0 Å². The van der Waals surface area contributed by atoms with E-state index in [0.29, 0.717) is 63.3 Å². The van der Waals surface area contributed by atoms with Crippen LogP contribution in [0.2, 0.25) is 0 Å². The Kier molecular flexibility index (Phi) is 14.4. The Labute approximate surface area is 247 Å². The molecule has 0 aromatic heterocycles. The van der Waals surface area contributed by atoms with Crippen molar-refractivity contribution in [1.29, 1.82) is 0 Å². The SMILES string of the molecule is CCC(C)C(=O)OCCOCCOCCOCCOc1ccc(C(=O)Oc2ccc(-c3ccc(OC)cc3)cc2)cc1. The number of ether oxygens (including phenoxy) is 7. The highest BCUT2D eigenvalue weighted by molar-refractivity contribution is 5.91. The second-order valence-electron chi connectivity index (χ2n) is 9.33. The molecule has 0 heterocycles. The molecule has 0 amide bonds. The molecule has 42 heavy (non-hydrogen) atoms. The van der Waals surface area contributed by atoms with Gasteiger partial charge in [-0.05, 0) is 66.1 Å². The summed E-state index contributed by atoms with van der Waals surface area (Å²) in [6.07, 6.45) is 0.761. The van der Waals surface area contributed by atoms with Gasteiger partial charge >= 0.3 is 11.9 Å². The first-order valence-electron chi connectivity index (χ1n) is 14.1. The Morgan fingerprint density at radius 1 is 0.619 bits per heavy atom. The standard InChI is InChI=1S/C33H40O9/c1-4-25(2)32(34)41-24-22-39-20-18-37-17-19-38-21-23-40-30-13-9-28(10-14-30)33(35)42-31-15-7-27(8-16-31)26-5-11-29(36-3)12-6-26/h5-16,25H,4,17-24H2,1-3H3. The van der Waals surface area contributed by atoms with Crippen LogP contribution in [-0.2, 0) is 23.7 Å². The maximum Gasteiger partial charge on any atom is 0.343 e. The normalized spacial score (nSPS) is 11.5. The first-order valence-corrected chi connectivity index (χ1v) is 14.1. The number of hydrogen-bond donors (Lipinski definition) is 0. The summed E-state index contributed by atoms with van der Waals surface area (Å²) in [4.78, 5) is 24.1. The third kappa shape index (κ3) is 11.5. The van der Waals surface area contributed by atoms with E-state index < -0.39 is 5.97 Å². The Hall–Kier alpha value is -3.92. The summed E-state index contributed by atoms with van der Waals surface area (Å²) in [5, 5.41) is 0. The molecule has 1 atom stereocenters. The first-order chi connectivity index (χ1) is 20.5. The molecule has 0 aliphatic carbocycles. The van der Waals surface area contributed by atoms with Crippen molar-refractivity contribution in [3.63, 3.8) is 0 Å². The zero-order valence-corrected chi connectivity index (χ0v) is 24.5. The van der Waals surface area contributed by atoms with Crippen LogP contribution in [0.3, 0.4) is 0 Å². The summed E-state index contributed by atoms with van der Waals surface area (Å²) in [6.45, 7) is 6.88. The van der Waals surface area contributed by atoms with Crippen molar-refractivity contribution in [3.05, 3.63) is 78.4 Å². The quantitative estimate of drug-likeness (QED) is 0.102. The van der Waals surface area contributed by atoms with E-state index in [9.17, 15) is 9.59 Å². The van der Waals surface area contributed by atoms with Crippen molar-refractivity contribution < 1.29 is 42.7 Å². The molecule has 1 unspecified atom stereocenters. The van der Waals surface area contributed by atoms with Crippen molar-refractivity contribution >= 4 is 11.9 Å². The number of methoxy groups -OCH3 is 1. The number of carbonyl (C=O) groups is 2. The fraction of sp³-hybridized carbons (Fsp3) is 0.394. The molecule has 0 radical (unpaired) electrons. The van der Waals surface area contributed by atoms with Crippen LogP contribution in [0.5, 0.6) is 17.2 Å². The molecule has 9 heteroatoms. The summed E-state index contributed by atoms with van der Waals surface area (Å²) < 4.78 is 37.8. The molecular weight excluding hydrogens is 540 g/mol. The van der Waals surface area contributed by atoms with Gasteiger partial charge in [-0.25, -0.2) is 4.79 Å². The van der Waals surface area contributed by atoms with Crippen molar-refractivity contribution in [2.24, 2.45) is 5.92 Å². The van der Waals surface area contributed by atoms with Crippen molar-refractivity contribution in [2.45, 2.75) is 20.3 Å². The van der Waals surface area contributed by atoms with Gasteiger partial charge in [-0.2, -0.15) is 0 Å². The average molecular weight is 581 g/mol. The van der Waals surface area contributed by atoms with Gasteiger partial charge in [0, 0.05) is 0 Å². The number of rotatable bonds is 19. The molecular formula is C33H40O9. The largest absolute Gasteiger partial charge is 0.497 e. The topological polar surface area (TPSA) is 98.8 Å². The highest BCUT2D eigenvalue weighted by Crippen LogP contribution is 2.25. The summed E-state index contributed by atoms with van der Waals surface area (Å²) in [7, 11) is 1.63. The van der Waals surface area contributed by atoms with E-state index in [1.165, 1.54) is 0 Å². The van der Waals surface area contributed by atoms with Gasteiger partial charge < -0.3 is 33.2 Å². The lowest BCUT2D eigenvalue weighted by atomic mass is 10.1. The highest BCUT2D eigenvalue weighted by atomic mass is 16.6. The van der Waals surface area contributed by atoms with Gasteiger partial charge in [0.25, 0.3) is 0 Å². The second kappa shape index (κ2) is 18.5. The predicted molar refractivity (Wildman–Crippen MR) is 158 cm³/mol. The Morgan fingerprint density at radius 3 is 1.62 bits per heavy atom. The van der Waals surface area contributed by atoms with Crippen LogP contribution in [0, 0.1) is 5.92 Å². The van der Waals surface area contributed by atoms with Gasteiger partial charge in [-0.15, -0.1) is 0 Å². The fourth-order valence-electron chi connectivity index (χ4n) is 3.62. The zero-order chi connectivity index (χ0) is 30.0. The number of esters is 2. The van der Waals surface area contributed by atoms with E-state index >= 15 is 0 Å². The number of hydrogen-bond acceptors (Lipinski definition) is 9. The molecule has 0 bridgehead atoms. The Balaban J connectivity index is 1.23. The van der Waals surface area contributed by atoms with Crippen LogP contribution in [0.1, 0.15) is 30.6 Å². The molecule has 226 valence electrons. The maximum atomic E-state index is 12.5. The first kappa shape index (κ1) is 32.6. The van der Waals surface area contributed by atoms with E-state index in [4.69, 9.17) is 33.2 Å². The predicted octanol–water partition coefficient (Wildman–Crippen LogP) is 5.60. The van der Waals surface area contributed by atoms with E-state index in [1.54, 1.807) is 43.5 Å². The zero-order valence-electron chi connectivity index (χ0n) is 24.5.